The Morgan fingerprint density at radius 1 is 0.889 bits per heavy atom. The number of para-hydroxylation sites is 1. The van der Waals surface area contributed by atoms with Crippen LogP contribution in [0.15, 0.2) is 60.7 Å². The quantitative estimate of drug-likeness (QED) is 0.469. The SMILES string of the molecule is Cc1cc2ccccc2[n+]([O-])c1-c1ccccc1. The topological polar surface area (TPSA) is 26.9 Å². The summed E-state index contributed by atoms with van der Waals surface area (Å²) >= 11 is 0. The van der Waals surface area contributed by atoms with Crippen molar-refractivity contribution in [2.75, 3.05) is 0 Å². The van der Waals surface area contributed by atoms with Crippen molar-refractivity contribution < 1.29 is 4.73 Å². The number of nitrogens with zero attached hydrogens (tertiary/aromatic N) is 1. The van der Waals surface area contributed by atoms with Gasteiger partial charge in [-0.15, -0.1) is 0 Å². The highest BCUT2D eigenvalue weighted by Crippen LogP contribution is 2.22. The molecular formula is C16H13NO. The van der Waals surface area contributed by atoms with Gasteiger partial charge in [-0.1, -0.05) is 30.3 Å². The zero-order valence-electron chi connectivity index (χ0n) is 10.1. The number of benzene rings is 2. The average molecular weight is 235 g/mol. The fourth-order valence-electron chi connectivity index (χ4n) is 2.32. The van der Waals surface area contributed by atoms with Gasteiger partial charge in [0.1, 0.15) is 0 Å². The van der Waals surface area contributed by atoms with Crippen molar-refractivity contribution >= 4 is 10.9 Å². The fourth-order valence-corrected chi connectivity index (χ4v) is 2.32. The number of fused-ring (bicyclic) bond motifs is 1. The molecule has 0 aliphatic carbocycles. The molecule has 0 bridgehead atoms. The van der Waals surface area contributed by atoms with Crippen LogP contribution in [-0.4, -0.2) is 0 Å². The second-order valence-corrected chi connectivity index (χ2v) is 4.40. The Hall–Kier alpha value is -2.35. The Morgan fingerprint density at radius 3 is 2.33 bits per heavy atom. The predicted octanol–water partition coefficient (Wildman–Crippen LogP) is 3.45. The van der Waals surface area contributed by atoms with E-state index >= 15 is 0 Å². The Labute approximate surface area is 106 Å². The monoisotopic (exact) mass is 235 g/mol. The minimum absolute atomic E-state index is 0.710. The molecule has 2 aromatic carbocycles. The van der Waals surface area contributed by atoms with E-state index < -0.39 is 0 Å². The molecular weight excluding hydrogens is 222 g/mol. The van der Waals surface area contributed by atoms with E-state index in [4.69, 9.17) is 0 Å². The molecule has 0 saturated carbocycles. The molecule has 0 radical (unpaired) electrons. The van der Waals surface area contributed by atoms with Gasteiger partial charge in [-0.25, -0.2) is 0 Å². The second-order valence-electron chi connectivity index (χ2n) is 4.40. The maximum Gasteiger partial charge on any atom is 0.227 e. The molecule has 0 unspecified atom stereocenters. The Morgan fingerprint density at radius 2 is 1.56 bits per heavy atom. The van der Waals surface area contributed by atoms with Gasteiger partial charge < -0.3 is 5.21 Å². The highest BCUT2D eigenvalue weighted by atomic mass is 16.5. The third kappa shape index (κ3) is 1.63. The predicted molar refractivity (Wildman–Crippen MR) is 73.1 cm³/mol. The zero-order valence-corrected chi connectivity index (χ0v) is 10.1. The van der Waals surface area contributed by atoms with E-state index in [0.29, 0.717) is 5.52 Å². The van der Waals surface area contributed by atoms with E-state index in [1.807, 2.05) is 61.5 Å². The number of aromatic nitrogens is 1. The average Bonchev–Trinajstić information content (AvgIpc) is 2.40. The van der Waals surface area contributed by atoms with Crippen LogP contribution in [-0.2, 0) is 0 Å². The molecule has 0 aliphatic rings. The lowest BCUT2D eigenvalue weighted by Crippen LogP contribution is -2.31. The summed E-state index contributed by atoms with van der Waals surface area (Å²) in [5.74, 6) is 0. The molecule has 0 spiro atoms. The van der Waals surface area contributed by atoms with Crippen LogP contribution in [0, 0.1) is 12.1 Å². The van der Waals surface area contributed by atoms with Gasteiger partial charge in [0, 0.05) is 22.6 Å². The van der Waals surface area contributed by atoms with E-state index in [1.165, 1.54) is 0 Å². The maximum atomic E-state index is 12.5. The van der Waals surface area contributed by atoms with Crippen molar-refractivity contribution in [3.8, 4) is 11.3 Å². The molecule has 88 valence electrons. The molecule has 1 aromatic heterocycles. The summed E-state index contributed by atoms with van der Waals surface area (Å²) < 4.78 is 1.03. The highest BCUT2D eigenvalue weighted by Gasteiger charge is 2.15. The standard InChI is InChI=1S/C16H13NO/c1-12-11-14-9-5-6-10-15(14)17(18)16(12)13-7-3-2-4-8-13/h2-11H,1H3. The van der Waals surface area contributed by atoms with Crippen LogP contribution in [0.2, 0.25) is 0 Å². The molecule has 3 aromatic rings. The van der Waals surface area contributed by atoms with Crippen molar-refractivity contribution in [1.29, 1.82) is 0 Å². The first-order valence-corrected chi connectivity index (χ1v) is 5.95. The number of rotatable bonds is 1. The van der Waals surface area contributed by atoms with Gasteiger partial charge in [-0.05, 0) is 31.2 Å². The summed E-state index contributed by atoms with van der Waals surface area (Å²) in [4.78, 5) is 0. The van der Waals surface area contributed by atoms with Crippen molar-refractivity contribution in [3.63, 3.8) is 0 Å². The van der Waals surface area contributed by atoms with Crippen LogP contribution in [0.3, 0.4) is 0 Å². The molecule has 1 heterocycles. The van der Waals surface area contributed by atoms with Gasteiger partial charge in [0.2, 0.25) is 11.2 Å². The minimum atomic E-state index is 0.710. The Balaban J connectivity index is 2.37. The first kappa shape index (κ1) is 10.8. The van der Waals surface area contributed by atoms with Gasteiger partial charge >= 0.3 is 0 Å². The molecule has 3 rings (SSSR count). The smallest absolute Gasteiger partial charge is 0.227 e. The number of hydrogen-bond donors (Lipinski definition) is 0. The van der Waals surface area contributed by atoms with Crippen LogP contribution in [0.5, 0.6) is 0 Å². The summed E-state index contributed by atoms with van der Waals surface area (Å²) in [5.41, 5.74) is 3.39. The molecule has 0 fully saturated rings. The number of aryl methyl sites for hydroxylation is 1. The molecule has 18 heavy (non-hydrogen) atoms. The van der Waals surface area contributed by atoms with E-state index in [-0.39, 0.29) is 0 Å². The van der Waals surface area contributed by atoms with Gasteiger partial charge in [-0.3, -0.25) is 0 Å². The first-order chi connectivity index (χ1) is 8.77. The molecule has 0 saturated heterocycles. The lowest BCUT2D eigenvalue weighted by atomic mass is 10.0. The van der Waals surface area contributed by atoms with Crippen molar-refractivity contribution in [2.45, 2.75) is 6.92 Å². The molecule has 2 nitrogen and oxygen atoms in total. The summed E-state index contributed by atoms with van der Waals surface area (Å²) in [6, 6.07) is 19.5. The van der Waals surface area contributed by atoms with E-state index in [0.717, 1.165) is 26.9 Å². The number of hydrogen-bond acceptors (Lipinski definition) is 1. The minimum Gasteiger partial charge on any atom is -0.618 e. The van der Waals surface area contributed by atoms with Crippen molar-refractivity contribution in [2.24, 2.45) is 0 Å². The van der Waals surface area contributed by atoms with Gasteiger partial charge in [0.15, 0.2) is 0 Å². The molecule has 0 atom stereocenters. The Kier molecular flexibility index (Phi) is 2.49. The van der Waals surface area contributed by atoms with Gasteiger partial charge in [0.25, 0.3) is 0 Å². The second kappa shape index (κ2) is 4.15. The summed E-state index contributed by atoms with van der Waals surface area (Å²) in [6.45, 7) is 1.98. The zero-order chi connectivity index (χ0) is 12.5. The summed E-state index contributed by atoms with van der Waals surface area (Å²) in [7, 11) is 0. The molecule has 0 amide bonds. The van der Waals surface area contributed by atoms with Gasteiger partial charge in [0.05, 0.1) is 0 Å². The maximum absolute atomic E-state index is 12.5. The van der Waals surface area contributed by atoms with Crippen LogP contribution in [0.4, 0.5) is 0 Å². The van der Waals surface area contributed by atoms with Crippen molar-refractivity contribution in [1.82, 2.24) is 0 Å². The van der Waals surface area contributed by atoms with Crippen molar-refractivity contribution in [3.05, 3.63) is 71.4 Å². The van der Waals surface area contributed by atoms with Crippen LogP contribution in [0.1, 0.15) is 5.56 Å². The normalized spacial score (nSPS) is 10.7. The summed E-state index contributed by atoms with van der Waals surface area (Å²) in [6.07, 6.45) is 0. The molecule has 0 aliphatic heterocycles. The van der Waals surface area contributed by atoms with E-state index in [1.54, 1.807) is 0 Å². The highest BCUT2D eigenvalue weighted by molar-refractivity contribution is 5.79. The largest absolute Gasteiger partial charge is 0.618 e. The third-order valence-corrected chi connectivity index (χ3v) is 3.15. The fraction of sp³-hybridized carbons (Fsp3) is 0.0625. The van der Waals surface area contributed by atoms with Crippen LogP contribution in [0.25, 0.3) is 22.2 Å². The molecule has 2 heteroatoms. The lowest BCUT2D eigenvalue weighted by Gasteiger charge is -2.10. The lowest BCUT2D eigenvalue weighted by molar-refractivity contribution is -0.565. The third-order valence-electron chi connectivity index (χ3n) is 3.15. The Bertz CT molecular complexity index is 705. The van der Waals surface area contributed by atoms with E-state index in [9.17, 15) is 5.21 Å². The van der Waals surface area contributed by atoms with Crippen LogP contribution >= 0.6 is 0 Å². The van der Waals surface area contributed by atoms with E-state index in [2.05, 4.69) is 6.07 Å². The summed E-state index contributed by atoms with van der Waals surface area (Å²) in [5, 5.41) is 13.4. The molecule has 0 N–H and O–H groups in total. The number of pyridine rings is 1. The first-order valence-electron chi connectivity index (χ1n) is 5.95. The van der Waals surface area contributed by atoms with Crippen LogP contribution < -0.4 is 4.73 Å². The van der Waals surface area contributed by atoms with Gasteiger partial charge in [-0.2, -0.15) is 4.73 Å².